The SMILES string of the molecule is CC(C)(C)CCCCC(C)(C)C.CC(C)(C)Cc1ccccc1C(C)(C)C. The minimum absolute atomic E-state index is 0.252. The fourth-order valence-corrected chi connectivity index (χ4v) is 3.29. The van der Waals surface area contributed by atoms with Gasteiger partial charge in [0.25, 0.3) is 0 Å². The molecule has 0 N–H and O–H groups in total. The zero-order valence-corrected chi connectivity index (χ0v) is 20.8. The Morgan fingerprint density at radius 3 is 1.30 bits per heavy atom. The number of benzene rings is 1. The maximum atomic E-state index is 2.32. The van der Waals surface area contributed by atoms with E-state index in [-0.39, 0.29) is 5.41 Å². The Labute approximate surface area is 172 Å². The highest BCUT2D eigenvalue weighted by Crippen LogP contribution is 2.30. The van der Waals surface area contributed by atoms with Gasteiger partial charge in [-0.05, 0) is 52.0 Å². The lowest BCUT2D eigenvalue weighted by atomic mass is 9.78. The van der Waals surface area contributed by atoms with Crippen LogP contribution in [0.2, 0.25) is 0 Å². The third-order valence-electron chi connectivity index (χ3n) is 4.65. The van der Waals surface area contributed by atoms with Gasteiger partial charge >= 0.3 is 0 Å². The summed E-state index contributed by atoms with van der Waals surface area (Å²) in [6, 6.07) is 8.83. The van der Waals surface area contributed by atoms with Gasteiger partial charge in [0, 0.05) is 0 Å². The molecule has 0 heterocycles. The number of hydrogen-bond donors (Lipinski definition) is 0. The second-order valence-corrected chi connectivity index (χ2v) is 13.0. The van der Waals surface area contributed by atoms with Crippen LogP contribution in [0.3, 0.4) is 0 Å². The maximum absolute atomic E-state index is 2.32. The summed E-state index contributed by atoms with van der Waals surface area (Å²) >= 11 is 0. The molecular formula is C27H50. The summed E-state index contributed by atoms with van der Waals surface area (Å²) in [5, 5.41) is 0. The van der Waals surface area contributed by atoms with Gasteiger partial charge in [-0.3, -0.25) is 0 Å². The molecule has 0 nitrogen and oxygen atoms in total. The van der Waals surface area contributed by atoms with Crippen LogP contribution in [0.25, 0.3) is 0 Å². The van der Waals surface area contributed by atoms with Crippen LogP contribution >= 0.6 is 0 Å². The van der Waals surface area contributed by atoms with Gasteiger partial charge in [-0.2, -0.15) is 0 Å². The molecule has 0 amide bonds. The van der Waals surface area contributed by atoms with Gasteiger partial charge in [0.15, 0.2) is 0 Å². The number of unbranched alkanes of at least 4 members (excludes halogenated alkanes) is 1. The van der Waals surface area contributed by atoms with Crippen molar-refractivity contribution in [3.63, 3.8) is 0 Å². The fourth-order valence-electron chi connectivity index (χ4n) is 3.29. The molecule has 0 bridgehead atoms. The van der Waals surface area contributed by atoms with Gasteiger partial charge < -0.3 is 0 Å². The van der Waals surface area contributed by atoms with Gasteiger partial charge in [0.05, 0.1) is 0 Å². The molecule has 0 saturated heterocycles. The third-order valence-corrected chi connectivity index (χ3v) is 4.65. The van der Waals surface area contributed by atoms with Crippen LogP contribution in [0, 0.1) is 16.2 Å². The van der Waals surface area contributed by atoms with Crippen molar-refractivity contribution in [2.24, 2.45) is 16.2 Å². The molecule has 0 unspecified atom stereocenters. The Hall–Kier alpha value is -0.780. The first kappa shape index (κ1) is 26.2. The van der Waals surface area contributed by atoms with Crippen LogP contribution in [-0.2, 0) is 11.8 Å². The Bertz CT molecular complexity index is 505. The Kier molecular flexibility index (Phi) is 9.84. The van der Waals surface area contributed by atoms with Crippen molar-refractivity contribution in [3.8, 4) is 0 Å². The van der Waals surface area contributed by atoms with Crippen molar-refractivity contribution < 1.29 is 0 Å². The molecule has 1 aromatic rings. The topological polar surface area (TPSA) is 0 Å². The second-order valence-electron chi connectivity index (χ2n) is 13.0. The van der Waals surface area contributed by atoms with E-state index in [9.17, 15) is 0 Å². The minimum atomic E-state index is 0.252. The summed E-state index contributed by atoms with van der Waals surface area (Å²) in [5.41, 5.74) is 4.65. The second kappa shape index (κ2) is 10.1. The van der Waals surface area contributed by atoms with E-state index in [2.05, 4.69) is 107 Å². The van der Waals surface area contributed by atoms with E-state index in [0.29, 0.717) is 16.2 Å². The zero-order chi connectivity index (χ0) is 21.5. The Morgan fingerprint density at radius 1 is 0.556 bits per heavy atom. The molecular weight excluding hydrogens is 324 g/mol. The van der Waals surface area contributed by atoms with E-state index in [1.165, 1.54) is 36.8 Å². The molecule has 1 rings (SSSR count). The van der Waals surface area contributed by atoms with Gasteiger partial charge in [-0.15, -0.1) is 0 Å². The third kappa shape index (κ3) is 14.9. The lowest BCUT2D eigenvalue weighted by molar-refractivity contribution is 0.318. The summed E-state index contributed by atoms with van der Waals surface area (Å²) in [7, 11) is 0. The summed E-state index contributed by atoms with van der Waals surface area (Å²) in [6.45, 7) is 27.7. The van der Waals surface area contributed by atoms with E-state index in [1.807, 2.05) is 0 Å². The lowest BCUT2D eigenvalue weighted by Crippen LogP contribution is -2.18. The maximum Gasteiger partial charge on any atom is -0.0129 e. The van der Waals surface area contributed by atoms with E-state index < -0.39 is 0 Å². The van der Waals surface area contributed by atoms with E-state index in [0.717, 1.165) is 6.42 Å². The normalized spacial score (nSPS) is 13.2. The first-order chi connectivity index (χ1) is 11.9. The fraction of sp³-hybridized carbons (Fsp3) is 0.778. The van der Waals surface area contributed by atoms with Gasteiger partial charge in [0.2, 0.25) is 0 Å². The molecule has 0 aliphatic heterocycles. The highest BCUT2D eigenvalue weighted by Gasteiger charge is 2.20. The lowest BCUT2D eigenvalue weighted by Gasteiger charge is -2.26. The number of hydrogen-bond acceptors (Lipinski definition) is 0. The molecule has 0 aliphatic carbocycles. The van der Waals surface area contributed by atoms with E-state index >= 15 is 0 Å². The first-order valence-corrected chi connectivity index (χ1v) is 11.0. The molecule has 1 aromatic carbocycles. The van der Waals surface area contributed by atoms with Crippen LogP contribution in [0.4, 0.5) is 0 Å². The molecule has 0 aromatic heterocycles. The quantitative estimate of drug-likeness (QED) is 0.461. The Balaban J connectivity index is 0.000000516. The van der Waals surface area contributed by atoms with Gasteiger partial charge in [-0.1, -0.05) is 120 Å². The van der Waals surface area contributed by atoms with Crippen molar-refractivity contribution in [1.82, 2.24) is 0 Å². The number of rotatable bonds is 4. The van der Waals surface area contributed by atoms with Gasteiger partial charge in [0.1, 0.15) is 0 Å². The molecule has 158 valence electrons. The summed E-state index contributed by atoms with van der Waals surface area (Å²) in [4.78, 5) is 0. The molecule has 0 fully saturated rings. The summed E-state index contributed by atoms with van der Waals surface area (Å²) < 4.78 is 0. The molecule has 0 aliphatic rings. The van der Waals surface area contributed by atoms with E-state index in [4.69, 9.17) is 0 Å². The van der Waals surface area contributed by atoms with Crippen molar-refractivity contribution in [1.29, 1.82) is 0 Å². The van der Waals surface area contributed by atoms with Crippen molar-refractivity contribution in [2.45, 2.75) is 121 Å². The molecule has 0 atom stereocenters. The minimum Gasteiger partial charge on any atom is -0.0620 e. The van der Waals surface area contributed by atoms with E-state index in [1.54, 1.807) is 0 Å². The Morgan fingerprint density at radius 2 is 0.963 bits per heavy atom. The molecule has 0 radical (unpaired) electrons. The van der Waals surface area contributed by atoms with Gasteiger partial charge in [-0.25, -0.2) is 0 Å². The molecule has 0 heteroatoms. The predicted octanol–water partition coefficient (Wildman–Crippen LogP) is 9.21. The van der Waals surface area contributed by atoms with Crippen LogP contribution in [0.5, 0.6) is 0 Å². The highest BCUT2D eigenvalue weighted by molar-refractivity contribution is 5.33. The van der Waals surface area contributed by atoms with Crippen molar-refractivity contribution in [3.05, 3.63) is 35.4 Å². The average molecular weight is 375 g/mol. The smallest absolute Gasteiger partial charge is 0.0129 e. The summed E-state index contributed by atoms with van der Waals surface area (Å²) in [5.74, 6) is 0. The first-order valence-electron chi connectivity index (χ1n) is 11.0. The molecule has 27 heavy (non-hydrogen) atoms. The molecule has 0 saturated carbocycles. The predicted molar refractivity (Wildman–Crippen MR) is 126 cm³/mol. The van der Waals surface area contributed by atoms with Crippen molar-refractivity contribution in [2.75, 3.05) is 0 Å². The van der Waals surface area contributed by atoms with Crippen LogP contribution in [-0.4, -0.2) is 0 Å². The highest BCUT2D eigenvalue weighted by atomic mass is 14.2. The van der Waals surface area contributed by atoms with Crippen LogP contribution in [0.15, 0.2) is 24.3 Å². The zero-order valence-electron chi connectivity index (χ0n) is 20.8. The summed E-state index contributed by atoms with van der Waals surface area (Å²) in [6.07, 6.45) is 6.66. The van der Waals surface area contributed by atoms with Crippen molar-refractivity contribution >= 4 is 0 Å². The largest absolute Gasteiger partial charge is 0.0620 e. The standard InChI is InChI=1S/C15H24.C12H26/c1-14(2,3)11-12-9-7-8-10-13(12)15(4,5)6;1-11(2,3)9-7-8-10-12(4,5)6/h7-10H,11H2,1-6H3;7-10H2,1-6H3. The van der Waals surface area contributed by atoms with Crippen LogP contribution < -0.4 is 0 Å². The average Bonchev–Trinajstić information content (AvgIpc) is 2.40. The monoisotopic (exact) mass is 374 g/mol. The molecule has 0 spiro atoms. The van der Waals surface area contributed by atoms with Crippen LogP contribution in [0.1, 0.15) is 120 Å².